The molecule has 1 aromatic rings. The SMILES string of the molecule is CC(C)(C)OC(=O)C1CCN(c2cc(C(=O)N=C(N)N)ccc2S(C)(=O)=O)C(N)C1. The predicted molar refractivity (Wildman–Crippen MR) is 114 cm³/mol. The van der Waals surface area contributed by atoms with Crippen LogP contribution in [0.25, 0.3) is 0 Å². The van der Waals surface area contributed by atoms with E-state index in [1.54, 1.807) is 25.7 Å². The van der Waals surface area contributed by atoms with Crippen molar-refractivity contribution in [1.29, 1.82) is 0 Å². The summed E-state index contributed by atoms with van der Waals surface area (Å²) >= 11 is 0. The molecule has 0 aromatic heterocycles. The Morgan fingerprint density at radius 1 is 1.23 bits per heavy atom. The number of piperidine rings is 1. The average molecular weight is 440 g/mol. The van der Waals surface area contributed by atoms with E-state index < -0.39 is 39.4 Å². The number of nitrogens with two attached hydrogens (primary N) is 3. The minimum absolute atomic E-state index is 0.0231. The number of ether oxygens (including phenoxy) is 1. The minimum Gasteiger partial charge on any atom is -0.460 e. The van der Waals surface area contributed by atoms with Crippen molar-refractivity contribution in [3.8, 4) is 0 Å². The number of nitrogens with zero attached hydrogens (tertiary/aromatic N) is 2. The van der Waals surface area contributed by atoms with Gasteiger partial charge < -0.3 is 26.8 Å². The lowest BCUT2D eigenvalue weighted by atomic mass is 9.93. The van der Waals surface area contributed by atoms with Crippen LogP contribution in [0.5, 0.6) is 0 Å². The zero-order valence-corrected chi connectivity index (χ0v) is 18.4. The Balaban J connectivity index is 2.36. The van der Waals surface area contributed by atoms with Gasteiger partial charge in [-0.3, -0.25) is 9.59 Å². The molecule has 1 aliphatic heterocycles. The van der Waals surface area contributed by atoms with Crippen LogP contribution >= 0.6 is 0 Å². The highest BCUT2D eigenvalue weighted by atomic mass is 32.2. The van der Waals surface area contributed by atoms with Crippen molar-refractivity contribution in [1.82, 2.24) is 0 Å². The van der Waals surface area contributed by atoms with Gasteiger partial charge in [0.2, 0.25) is 0 Å². The number of hydrogen-bond donors (Lipinski definition) is 3. The molecular weight excluding hydrogens is 410 g/mol. The van der Waals surface area contributed by atoms with E-state index in [2.05, 4.69) is 4.99 Å². The fourth-order valence-corrected chi connectivity index (χ4v) is 4.14. The maximum Gasteiger partial charge on any atom is 0.309 e. The van der Waals surface area contributed by atoms with Crippen molar-refractivity contribution in [3.63, 3.8) is 0 Å². The first-order valence-electron chi connectivity index (χ1n) is 9.42. The van der Waals surface area contributed by atoms with E-state index in [1.807, 2.05) is 0 Å². The number of amides is 1. The van der Waals surface area contributed by atoms with E-state index >= 15 is 0 Å². The number of carbonyl (C=O) groups is 2. The molecule has 1 heterocycles. The first-order valence-corrected chi connectivity index (χ1v) is 11.3. The van der Waals surface area contributed by atoms with Gasteiger partial charge in [-0.05, 0) is 51.8 Å². The molecule has 2 atom stereocenters. The average Bonchev–Trinajstić information content (AvgIpc) is 2.58. The number of sulfone groups is 1. The molecule has 2 unspecified atom stereocenters. The van der Waals surface area contributed by atoms with Gasteiger partial charge in [-0.1, -0.05) is 0 Å². The molecule has 1 saturated heterocycles. The Morgan fingerprint density at radius 3 is 2.37 bits per heavy atom. The minimum atomic E-state index is -3.61. The van der Waals surface area contributed by atoms with E-state index in [-0.39, 0.29) is 28.5 Å². The van der Waals surface area contributed by atoms with E-state index in [1.165, 1.54) is 18.2 Å². The van der Waals surface area contributed by atoms with Crippen molar-refractivity contribution in [2.75, 3.05) is 17.7 Å². The highest BCUT2D eigenvalue weighted by Crippen LogP contribution is 2.33. The monoisotopic (exact) mass is 439 g/mol. The molecule has 10 nitrogen and oxygen atoms in total. The number of rotatable bonds is 4. The molecule has 30 heavy (non-hydrogen) atoms. The van der Waals surface area contributed by atoms with Crippen molar-refractivity contribution in [2.45, 2.75) is 50.3 Å². The van der Waals surface area contributed by atoms with Gasteiger partial charge in [0, 0.05) is 18.4 Å². The lowest BCUT2D eigenvalue weighted by molar-refractivity contribution is -0.161. The molecule has 0 aliphatic carbocycles. The zero-order chi connectivity index (χ0) is 22.9. The van der Waals surface area contributed by atoms with Gasteiger partial charge in [-0.2, -0.15) is 4.99 Å². The summed E-state index contributed by atoms with van der Waals surface area (Å²) in [7, 11) is -3.61. The van der Waals surface area contributed by atoms with Crippen LogP contribution in [-0.4, -0.2) is 50.8 Å². The van der Waals surface area contributed by atoms with E-state index in [0.29, 0.717) is 13.0 Å². The molecule has 166 valence electrons. The van der Waals surface area contributed by atoms with Gasteiger partial charge in [-0.25, -0.2) is 8.42 Å². The van der Waals surface area contributed by atoms with Crippen molar-refractivity contribution in [2.24, 2.45) is 28.1 Å². The Morgan fingerprint density at radius 2 is 1.87 bits per heavy atom. The molecule has 2 rings (SSSR count). The highest BCUT2D eigenvalue weighted by Gasteiger charge is 2.35. The summed E-state index contributed by atoms with van der Waals surface area (Å²) in [5, 5.41) is 0. The topological polar surface area (TPSA) is 171 Å². The van der Waals surface area contributed by atoms with Crippen LogP contribution in [0.3, 0.4) is 0 Å². The fraction of sp³-hybridized carbons (Fsp3) is 0.526. The first kappa shape index (κ1) is 23.6. The largest absolute Gasteiger partial charge is 0.460 e. The summed E-state index contributed by atoms with van der Waals surface area (Å²) in [6.07, 6.45) is 1.13. The third-order valence-electron chi connectivity index (χ3n) is 4.53. The molecular formula is C19H29N5O5S. The van der Waals surface area contributed by atoms with E-state index in [0.717, 1.165) is 6.26 Å². The van der Waals surface area contributed by atoms with Crippen LogP contribution in [0.4, 0.5) is 5.69 Å². The summed E-state index contributed by atoms with van der Waals surface area (Å²) in [4.78, 5) is 29.8. The van der Waals surface area contributed by atoms with Gasteiger partial charge in [0.15, 0.2) is 15.8 Å². The third kappa shape index (κ3) is 5.92. The number of aliphatic imine (C=N–C) groups is 1. The molecule has 11 heteroatoms. The van der Waals surface area contributed by atoms with Crippen LogP contribution in [0.15, 0.2) is 28.1 Å². The van der Waals surface area contributed by atoms with Crippen LogP contribution in [0.1, 0.15) is 44.0 Å². The summed E-state index contributed by atoms with van der Waals surface area (Å²) < 4.78 is 30.0. The molecule has 0 radical (unpaired) electrons. The Bertz CT molecular complexity index is 964. The van der Waals surface area contributed by atoms with Crippen LogP contribution in [-0.2, 0) is 19.4 Å². The van der Waals surface area contributed by atoms with Gasteiger partial charge in [-0.15, -0.1) is 0 Å². The normalized spacial score (nSPS) is 19.8. The Hall–Kier alpha value is -2.66. The predicted octanol–water partition coefficient (Wildman–Crippen LogP) is 0.347. The fourth-order valence-electron chi connectivity index (χ4n) is 3.27. The molecule has 0 spiro atoms. The molecule has 6 N–H and O–H groups in total. The highest BCUT2D eigenvalue weighted by molar-refractivity contribution is 7.90. The first-order chi connectivity index (χ1) is 13.7. The second kappa shape index (κ2) is 8.60. The summed E-state index contributed by atoms with van der Waals surface area (Å²) in [6.45, 7) is 5.68. The van der Waals surface area contributed by atoms with Gasteiger partial charge in [0.25, 0.3) is 5.91 Å². The van der Waals surface area contributed by atoms with E-state index in [4.69, 9.17) is 21.9 Å². The molecule has 1 aromatic carbocycles. The summed E-state index contributed by atoms with van der Waals surface area (Å²) in [5.41, 5.74) is 16.6. The molecule has 1 fully saturated rings. The second-order valence-electron chi connectivity index (χ2n) is 8.31. The Kier molecular flexibility index (Phi) is 6.77. The number of carbonyl (C=O) groups excluding carboxylic acids is 2. The number of benzene rings is 1. The lowest BCUT2D eigenvalue weighted by Gasteiger charge is -2.39. The quantitative estimate of drug-likeness (QED) is 0.340. The molecule has 1 amide bonds. The number of guanidine groups is 1. The van der Waals surface area contributed by atoms with Crippen LogP contribution < -0.4 is 22.1 Å². The maximum atomic E-state index is 12.4. The van der Waals surface area contributed by atoms with Gasteiger partial charge >= 0.3 is 5.97 Å². The standard InChI is InChI=1S/C19H29N5O5S/c1-19(2,3)29-17(26)12-7-8-24(15(20)10-12)13-9-11(16(25)23-18(21)22)5-6-14(13)30(4,27)28/h5-6,9,12,15H,7-8,10,20H2,1-4H3,(H4,21,22,23,25). The molecule has 1 aliphatic rings. The van der Waals surface area contributed by atoms with Crippen molar-refractivity contribution in [3.05, 3.63) is 23.8 Å². The summed E-state index contributed by atoms with van der Waals surface area (Å²) in [5.74, 6) is -1.83. The molecule has 0 saturated carbocycles. The van der Waals surface area contributed by atoms with Crippen LogP contribution in [0, 0.1) is 5.92 Å². The smallest absolute Gasteiger partial charge is 0.309 e. The van der Waals surface area contributed by atoms with Gasteiger partial charge in [0.1, 0.15) is 5.60 Å². The Labute approximate surface area is 176 Å². The molecule has 0 bridgehead atoms. The third-order valence-corrected chi connectivity index (χ3v) is 5.67. The van der Waals surface area contributed by atoms with Crippen LogP contribution in [0.2, 0.25) is 0 Å². The maximum absolute atomic E-state index is 12.4. The lowest BCUT2D eigenvalue weighted by Crippen LogP contribution is -2.50. The van der Waals surface area contributed by atoms with Gasteiger partial charge in [0.05, 0.1) is 22.7 Å². The second-order valence-corrected chi connectivity index (χ2v) is 10.3. The summed E-state index contributed by atoms with van der Waals surface area (Å²) in [6, 6.07) is 4.07. The van der Waals surface area contributed by atoms with Crippen molar-refractivity contribution < 1.29 is 22.7 Å². The van der Waals surface area contributed by atoms with E-state index in [9.17, 15) is 18.0 Å². The zero-order valence-electron chi connectivity index (χ0n) is 17.6. The number of anilines is 1. The number of esters is 1. The number of hydrogen-bond acceptors (Lipinski definition) is 7. The van der Waals surface area contributed by atoms with Crippen molar-refractivity contribution >= 4 is 33.4 Å².